The van der Waals surface area contributed by atoms with Gasteiger partial charge in [-0.15, -0.1) is 0 Å². The fourth-order valence-corrected chi connectivity index (χ4v) is 3.43. The number of benzene rings is 1. The Morgan fingerprint density at radius 2 is 2.14 bits per heavy atom. The van der Waals surface area contributed by atoms with Gasteiger partial charge in [0.1, 0.15) is 0 Å². The molecule has 7 nitrogen and oxygen atoms in total. The maximum Gasteiger partial charge on any atom is 0.316 e. The van der Waals surface area contributed by atoms with Crippen molar-refractivity contribution in [3.05, 3.63) is 29.8 Å². The molecular weight excluding hydrogens is 304 g/mol. The standard InChI is InChI=1S/C14H22N4O3S/c1-10(12-6-7-12)18(2)22(20,21)16-9-11-4-3-5-13(8-11)17-14(15)19/h3-5,8,10,12,16H,6-7,9H2,1-2H3,(H3,15,17,19). The molecule has 4 N–H and O–H groups in total. The molecule has 8 heteroatoms. The van der Waals surface area contributed by atoms with Crippen molar-refractivity contribution in [1.29, 1.82) is 0 Å². The van der Waals surface area contributed by atoms with Gasteiger partial charge in [0, 0.05) is 25.3 Å². The number of carbonyl (C=O) groups is 1. The van der Waals surface area contributed by atoms with Crippen LogP contribution in [0, 0.1) is 5.92 Å². The van der Waals surface area contributed by atoms with Crippen molar-refractivity contribution in [2.45, 2.75) is 32.4 Å². The Morgan fingerprint density at radius 3 is 2.73 bits per heavy atom. The molecule has 0 saturated heterocycles. The fourth-order valence-electron chi connectivity index (χ4n) is 2.27. The number of anilines is 1. The molecule has 0 spiro atoms. The van der Waals surface area contributed by atoms with E-state index >= 15 is 0 Å². The van der Waals surface area contributed by atoms with E-state index in [1.54, 1.807) is 31.3 Å². The van der Waals surface area contributed by atoms with Crippen LogP contribution in [0.2, 0.25) is 0 Å². The molecule has 122 valence electrons. The third kappa shape index (κ3) is 4.43. The van der Waals surface area contributed by atoms with E-state index in [1.807, 2.05) is 6.92 Å². The predicted molar refractivity (Wildman–Crippen MR) is 85.4 cm³/mol. The first-order valence-corrected chi connectivity index (χ1v) is 8.61. The number of hydrogen-bond donors (Lipinski definition) is 3. The average Bonchev–Trinajstić information content (AvgIpc) is 3.28. The summed E-state index contributed by atoms with van der Waals surface area (Å²) in [7, 11) is -1.93. The minimum absolute atomic E-state index is 0.000336. The molecule has 1 aliphatic rings. The fraction of sp³-hybridized carbons (Fsp3) is 0.500. The first kappa shape index (κ1) is 16.7. The van der Waals surface area contributed by atoms with E-state index in [2.05, 4.69) is 10.0 Å². The number of primary amides is 1. The summed E-state index contributed by atoms with van der Waals surface area (Å²) in [5.74, 6) is 0.463. The second-order valence-corrected chi connectivity index (χ2v) is 7.42. The molecule has 1 fully saturated rings. The molecule has 22 heavy (non-hydrogen) atoms. The van der Waals surface area contributed by atoms with Gasteiger partial charge in [-0.05, 0) is 43.4 Å². The summed E-state index contributed by atoms with van der Waals surface area (Å²) in [6.45, 7) is 2.08. The van der Waals surface area contributed by atoms with Crippen LogP contribution in [-0.2, 0) is 16.8 Å². The largest absolute Gasteiger partial charge is 0.351 e. The maximum atomic E-state index is 12.3. The van der Waals surface area contributed by atoms with E-state index in [0.717, 1.165) is 18.4 Å². The van der Waals surface area contributed by atoms with Gasteiger partial charge in [-0.3, -0.25) is 0 Å². The van der Waals surface area contributed by atoms with Crippen LogP contribution >= 0.6 is 0 Å². The number of nitrogens with zero attached hydrogens (tertiary/aromatic N) is 1. The highest BCUT2D eigenvalue weighted by Crippen LogP contribution is 2.35. The SMILES string of the molecule is CC(C1CC1)N(C)S(=O)(=O)NCc1cccc(NC(N)=O)c1. The summed E-state index contributed by atoms with van der Waals surface area (Å²) in [6.07, 6.45) is 2.17. The number of hydrogen-bond acceptors (Lipinski definition) is 3. The lowest BCUT2D eigenvalue weighted by Crippen LogP contribution is -2.43. The lowest BCUT2D eigenvalue weighted by molar-refractivity contribution is 0.259. The third-order valence-corrected chi connectivity index (χ3v) is 5.51. The average molecular weight is 326 g/mol. The van der Waals surface area contributed by atoms with Crippen LogP contribution < -0.4 is 15.8 Å². The van der Waals surface area contributed by atoms with Crippen LogP contribution in [0.25, 0.3) is 0 Å². The van der Waals surface area contributed by atoms with E-state index < -0.39 is 16.2 Å². The van der Waals surface area contributed by atoms with Crippen molar-refractivity contribution in [2.24, 2.45) is 11.7 Å². The summed E-state index contributed by atoms with van der Waals surface area (Å²) in [6, 6.07) is 6.21. The van der Waals surface area contributed by atoms with Crippen LogP contribution in [0.3, 0.4) is 0 Å². The molecule has 2 rings (SSSR count). The Morgan fingerprint density at radius 1 is 1.45 bits per heavy atom. The van der Waals surface area contributed by atoms with Gasteiger partial charge in [0.05, 0.1) is 0 Å². The number of rotatable bonds is 7. The van der Waals surface area contributed by atoms with Crippen molar-refractivity contribution in [3.8, 4) is 0 Å². The second kappa shape index (κ2) is 6.64. The molecule has 0 aliphatic heterocycles. The highest BCUT2D eigenvalue weighted by Gasteiger charge is 2.35. The molecule has 1 aromatic rings. The van der Waals surface area contributed by atoms with Crippen molar-refractivity contribution < 1.29 is 13.2 Å². The van der Waals surface area contributed by atoms with E-state index in [0.29, 0.717) is 11.6 Å². The number of nitrogens with two attached hydrogens (primary N) is 1. The van der Waals surface area contributed by atoms with Gasteiger partial charge in [0.2, 0.25) is 0 Å². The van der Waals surface area contributed by atoms with E-state index in [4.69, 9.17) is 5.73 Å². The number of nitrogens with one attached hydrogen (secondary N) is 2. The first-order valence-electron chi connectivity index (χ1n) is 7.17. The number of amides is 2. The Kier molecular flexibility index (Phi) is 5.05. The summed E-state index contributed by atoms with van der Waals surface area (Å²) < 4.78 is 28.5. The topological polar surface area (TPSA) is 105 Å². The summed E-state index contributed by atoms with van der Waals surface area (Å²) >= 11 is 0. The van der Waals surface area contributed by atoms with Crippen molar-refractivity contribution >= 4 is 21.9 Å². The summed E-state index contributed by atoms with van der Waals surface area (Å²) in [5, 5.41) is 2.46. The van der Waals surface area contributed by atoms with Gasteiger partial charge in [0.15, 0.2) is 0 Å². The minimum atomic E-state index is -3.53. The van der Waals surface area contributed by atoms with Crippen molar-refractivity contribution in [1.82, 2.24) is 9.03 Å². The number of carbonyl (C=O) groups excluding carboxylic acids is 1. The molecular formula is C14H22N4O3S. The van der Waals surface area contributed by atoms with Gasteiger partial charge in [-0.25, -0.2) is 4.79 Å². The van der Waals surface area contributed by atoms with Crippen LogP contribution in [0.4, 0.5) is 10.5 Å². The molecule has 2 amide bonds. The van der Waals surface area contributed by atoms with Gasteiger partial charge in [-0.1, -0.05) is 12.1 Å². The van der Waals surface area contributed by atoms with E-state index in [1.165, 1.54) is 4.31 Å². The molecule has 0 aromatic heterocycles. The minimum Gasteiger partial charge on any atom is -0.351 e. The zero-order valence-electron chi connectivity index (χ0n) is 12.7. The Hall–Kier alpha value is -1.64. The molecule has 1 saturated carbocycles. The smallest absolute Gasteiger partial charge is 0.316 e. The number of urea groups is 1. The molecule has 0 heterocycles. The monoisotopic (exact) mass is 326 g/mol. The first-order chi connectivity index (χ1) is 10.3. The van der Waals surface area contributed by atoms with E-state index in [9.17, 15) is 13.2 Å². The van der Waals surface area contributed by atoms with Gasteiger partial charge in [0.25, 0.3) is 10.2 Å². The zero-order chi connectivity index (χ0) is 16.3. The van der Waals surface area contributed by atoms with Gasteiger partial charge >= 0.3 is 6.03 Å². The third-order valence-electron chi connectivity index (χ3n) is 3.91. The Labute approximate surface area is 131 Å². The molecule has 1 aromatic carbocycles. The highest BCUT2D eigenvalue weighted by atomic mass is 32.2. The zero-order valence-corrected chi connectivity index (χ0v) is 13.6. The van der Waals surface area contributed by atoms with Crippen molar-refractivity contribution in [2.75, 3.05) is 12.4 Å². The summed E-state index contributed by atoms with van der Waals surface area (Å²) in [5.41, 5.74) is 6.33. The Balaban J connectivity index is 1.97. The molecule has 1 aliphatic carbocycles. The van der Waals surface area contributed by atoms with E-state index in [-0.39, 0.29) is 12.6 Å². The normalized spacial score (nSPS) is 16.5. The molecule has 1 atom stereocenters. The predicted octanol–water partition coefficient (Wildman–Crippen LogP) is 1.24. The van der Waals surface area contributed by atoms with Crippen LogP contribution in [-0.4, -0.2) is 31.8 Å². The second-order valence-electron chi connectivity index (χ2n) is 5.61. The van der Waals surface area contributed by atoms with Crippen LogP contribution in [0.15, 0.2) is 24.3 Å². The molecule has 0 bridgehead atoms. The molecule has 0 radical (unpaired) electrons. The quantitative estimate of drug-likeness (QED) is 0.702. The Bertz CT molecular complexity index is 643. The van der Waals surface area contributed by atoms with Crippen molar-refractivity contribution in [3.63, 3.8) is 0 Å². The lowest BCUT2D eigenvalue weighted by Gasteiger charge is -2.24. The molecule has 1 unspecified atom stereocenters. The lowest BCUT2D eigenvalue weighted by atomic mass is 10.2. The van der Waals surface area contributed by atoms with Crippen LogP contribution in [0.5, 0.6) is 0 Å². The van der Waals surface area contributed by atoms with Gasteiger partial charge < -0.3 is 11.1 Å². The van der Waals surface area contributed by atoms with Crippen LogP contribution in [0.1, 0.15) is 25.3 Å². The van der Waals surface area contributed by atoms with Gasteiger partial charge in [-0.2, -0.15) is 17.4 Å². The maximum absolute atomic E-state index is 12.3. The highest BCUT2D eigenvalue weighted by molar-refractivity contribution is 7.87. The summed E-state index contributed by atoms with van der Waals surface area (Å²) in [4.78, 5) is 10.8.